The van der Waals surface area contributed by atoms with Gasteiger partial charge in [0.05, 0.1) is 26.4 Å². The molecule has 0 N–H and O–H groups in total. The molecule has 0 atom stereocenters. The van der Waals surface area contributed by atoms with Gasteiger partial charge in [-0.2, -0.15) is 8.39 Å². The molecule has 0 amide bonds. The summed E-state index contributed by atoms with van der Waals surface area (Å²) in [6, 6.07) is 0. The summed E-state index contributed by atoms with van der Waals surface area (Å²) in [6.07, 6.45) is -1.00. The molecule has 0 saturated carbocycles. The van der Waals surface area contributed by atoms with Gasteiger partial charge in [-0.15, -0.1) is 0 Å². The largest absolute Gasteiger partial charge is 1.00 e. The topological polar surface area (TPSA) is 238 Å². The zero-order valence-electron chi connectivity index (χ0n) is 21.8. The Hall–Kier alpha value is 2.52. The van der Waals surface area contributed by atoms with Crippen molar-refractivity contribution in [2.45, 2.75) is 38.8 Å². The Kier molecular flexibility index (Phi) is 44.8. The van der Waals surface area contributed by atoms with Crippen molar-refractivity contribution in [3.05, 3.63) is 0 Å². The van der Waals surface area contributed by atoms with E-state index in [1.807, 2.05) is 0 Å². The number of halogens is 2. The molecule has 0 aliphatic rings. The van der Waals surface area contributed by atoms with E-state index in [1.54, 1.807) is 0 Å². The van der Waals surface area contributed by atoms with Gasteiger partial charge in [0, 0.05) is 0 Å². The van der Waals surface area contributed by atoms with Crippen LogP contribution in [0.3, 0.4) is 0 Å². The monoisotopic (exact) mass is 556 g/mol. The van der Waals surface area contributed by atoms with Crippen molar-refractivity contribution >= 4 is 35.8 Å². The van der Waals surface area contributed by atoms with Crippen LogP contribution in [0, 0.1) is 0 Å². The Labute approximate surface area is 268 Å². The molecule has 0 unspecified atom stereocenters. The third kappa shape index (κ3) is 25.5. The first-order valence-corrected chi connectivity index (χ1v) is 12.6. The Bertz CT molecular complexity index is 612. The first kappa shape index (κ1) is 58.2. The maximum absolute atomic E-state index is 11.4. The Morgan fingerprint density at radius 1 is 0.611 bits per heavy atom. The minimum atomic E-state index is -5.89. The van der Waals surface area contributed by atoms with Crippen LogP contribution in [-0.4, -0.2) is 50.1 Å². The molecule has 0 spiro atoms. The van der Waals surface area contributed by atoms with Crippen LogP contribution >= 0.6 is 23.2 Å². The van der Waals surface area contributed by atoms with Crippen molar-refractivity contribution in [1.82, 2.24) is 0 Å². The van der Waals surface area contributed by atoms with Gasteiger partial charge >= 0.3 is 117 Å². The molecule has 0 fully saturated rings. The summed E-state index contributed by atoms with van der Waals surface area (Å²) < 4.78 is 68.7. The van der Waals surface area contributed by atoms with Gasteiger partial charge < -0.3 is 53.0 Å². The number of rotatable bonds is 12. The van der Waals surface area contributed by atoms with E-state index >= 15 is 0 Å². The van der Waals surface area contributed by atoms with Crippen LogP contribution in [0.5, 0.6) is 0 Å². The minimum Gasteiger partial charge on any atom is -0.849 e. The van der Waals surface area contributed by atoms with Gasteiger partial charge in [0.2, 0.25) is 0 Å². The van der Waals surface area contributed by atoms with Gasteiger partial charge in [-0.1, -0.05) is 0 Å². The smallest absolute Gasteiger partial charge is 0.849 e. The summed E-state index contributed by atoms with van der Waals surface area (Å²) in [4.78, 5) is 28.5. The molecule has 24 heteroatoms. The number of hydrogen-bond donors (Lipinski definition) is 0. The Balaban J connectivity index is -0.0000000547. The molecule has 0 aromatic rings. The van der Waals surface area contributed by atoms with Crippen molar-refractivity contribution in [1.29, 1.82) is 0 Å². The van der Waals surface area contributed by atoms with E-state index < -0.39 is 46.8 Å². The quantitative estimate of drug-likeness (QED) is 0.0940. The predicted octanol–water partition coefficient (Wildman–Crippen LogP) is -16.9. The summed E-state index contributed by atoms with van der Waals surface area (Å²) in [7, 11) is -14.7. The molecule has 0 heterocycles. The van der Waals surface area contributed by atoms with Crippen LogP contribution < -0.4 is 120 Å². The number of carbonyl (C=O) groups is 2. The summed E-state index contributed by atoms with van der Waals surface area (Å²) in [6.45, 7) is 5.24. The van der Waals surface area contributed by atoms with Gasteiger partial charge in [-0.3, -0.25) is 13.7 Å². The third-order valence-corrected chi connectivity index (χ3v) is 6.39. The molecule has 0 aliphatic heterocycles. The van der Waals surface area contributed by atoms with Crippen LogP contribution in [0.1, 0.15) is 27.7 Å². The molecule has 188 valence electrons. The molecule has 36 heavy (non-hydrogen) atoms. The fourth-order valence-electron chi connectivity index (χ4n) is 1.24. The Morgan fingerprint density at radius 2 is 0.750 bits per heavy atom. The van der Waals surface area contributed by atoms with Crippen molar-refractivity contribution in [3.63, 3.8) is 0 Å². The Morgan fingerprint density at radius 3 is 0.833 bits per heavy atom. The third-order valence-electron chi connectivity index (χ3n) is 2.26. The molecule has 14 nitrogen and oxygen atoms in total. The minimum absolute atomic E-state index is 0. The average Bonchev–Trinajstić information content (AvgIpc) is 2.61. The maximum Gasteiger partial charge on any atom is 1.00 e. The number of aldehydes is 2. The fourth-order valence-corrected chi connectivity index (χ4v) is 3.73. The normalized spacial score (nSPS) is 11.0. The molecule has 0 radical (unpaired) electrons. The van der Waals surface area contributed by atoms with Crippen LogP contribution in [0.15, 0.2) is 0 Å². The SMILES string of the molecule is CCOP(=O)(OCC)C([O-])([O-])C=O.CCOP(=O)(OCC)C([O-])([O-])C=O.O=P([O-])(F)F.[Li+].[Li+].[Li+].[Li+].[Li+]. The second-order valence-electron chi connectivity index (χ2n) is 4.58. The van der Waals surface area contributed by atoms with Crippen LogP contribution in [-0.2, 0) is 41.4 Å². The molecule has 0 bridgehead atoms. The second kappa shape index (κ2) is 27.7. The molecule has 0 rings (SSSR count). The van der Waals surface area contributed by atoms with E-state index in [-0.39, 0.29) is 121 Å². The van der Waals surface area contributed by atoms with Gasteiger partial charge in [-0.25, -0.2) is 0 Å². The van der Waals surface area contributed by atoms with E-state index in [0.29, 0.717) is 0 Å². The fraction of sp³-hybridized carbons (Fsp3) is 0.833. The van der Waals surface area contributed by atoms with E-state index in [4.69, 9.17) is 9.46 Å². The summed E-state index contributed by atoms with van der Waals surface area (Å²) in [5.74, 6) is 0. The van der Waals surface area contributed by atoms with E-state index in [0.717, 1.165) is 0 Å². The number of hydrogen-bond acceptors (Lipinski definition) is 14. The van der Waals surface area contributed by atoms with Crippen LogP contribution in [0.2, 0.25) is 0 Å². The second-order valence-corrected chi connectivity index (χ2v) is 9.68. The van der Waals surface area contributed by atoms with Crippen LogP contribution in [0.4, 0.5) is 8.39 Å². The first-order chi connectivity index (χ1) is 13.9. The van der Waals surface area contributed by atoms with Crippen molar-refractivity contribution in [3.8, 4) is 0 Å². The van der Waals surface area contributed by atoms with Gasteiger partial charge in [0.1, 0.15) is 12.6 Å². The maximum atomic E-state index is 11.4. The molecule has 0 aromatic carbocycles. The molecule has 0 aliphatic carbocycles. The zero-order valence-corrected chi connectivity index (χ0v) is 24.5. The van der Waals surface area contributed by atoms with E-state index in [2.05, 4.69) is 18.1 Å². The van der Waals surface area contributed by atoms with Crippen molar-refractivity contribution in [2.24, 2.45) is 0 Å². The molecule has 0 aromatic heterocycles. The van der Waals surface area contributed by atoms with E-state index in [1.165, 1.54) is 27.7 Å². The predicted molar refractivity (Wildman–Crippen MR) is 89.1 cm³/mol. The molecule has 0 saturated heterocycles. The summed E-state index contributed by atoms with van der Waals surface area (Å²) >= 11 is 0. The van der Waals surface area contributed by atoms with Gasteiger partial charge in [-0.05, 0) is 38.8 Å². The summed E-state index contributed by atoms with van der Waals surface area (Å²) in [5, 5.41) is 43.3. The zero-order chi connectivity index (χ0) is 25.6. The van der Waals surface area contributed by atoms with Crippen LogP contribution in [0.25, 0.3) is 0 Å². The van der Waals surface area contributed by atoms with Gasteiger partial charge in [0.25, 0.3) is 0 Å². The van der Waals surface area contributed by atoms with Crippen molar-refractivity contribution in [2.75, 3.05) is 26.4 Å². The van der Waals surface area contributed by atoms with Crippen molar-refractivity contribution < 1.29 is 169 Å². The average molecular weight is 556 g/mol. The number of carbonyl (C=O) groups excluding carboxylic acids is 2. The van der Waals surface area contributed by atoms with E-state index in [9.17, 15) is 47.5 Å². The van der Waals surface area contributed by atoms with Gasteiger partial charge in [0.15, 0.2) is 0 Å². The summed E-state index contributed by atoms with van der Waals surface area (Å²) in [5.41, 5.74) is -7.14. The first-order valence-electron chi connectivity index (χ1n) is 8.09. The standard InChI is InChI=1S/2C6H11O6P.F2HO2P.5Li/c2*1-3-11-13(10,12-4-2)6(8,9)5-7;1-5(2,3)4;;;;;/h2*5H,3-4H2,1-2H3;(H,3,4);;;;;/q2*-2;;5*+1/p-1. The molecular formula is C12H22F2Li5O14P3. The molecular weight excluding hydrogens is 534 g/mol.